The molecule has 116 valence electrons. The van der Waals surface area contributed by atoms with Crippen LogP contribution >= 0.6 is 22.6 Å². The van der Waals surface area contributed by atoms with Crippen molar-refractivity contribution in [3.63, 3.8) is 0 Å². The van der Waals surface area contributed by atoms with Gasteiger partial charge in [-0.2, -0.15) is 0 Å². The molecule has 1 aliphatic heterocycles. The molecule has 0 aromatic heterocycles. The largest absolute Gasteiger partial charge is 0.395 e. The molecule has 1 aliphatic rings. The van der Waals surface area contributed by atoms with E-state index in [1.807, 2.05) is 30.0 Å². The van der Waals surface area contributed by atoms with Crippen LogP contribution in [0.1, 0.15) is 28.8 Å². The van der Waals surface area contributed by atoms with Gasteiger partial charge in [0.05, 0.1) is 12.2 Å². The van der Waals surface area contributed by atoms with Gasteiger partial charge in [-0.1, -0.05) is 12.1 Å². The zero-order valence-corrected chi connectivity index (χ0v) is 14.8. The number of aliphatic hydroxyl groups excluding tert-OH is 1. The quantitative estimate of drug-likeness (QED) is 0.785. The van der Waals surface area contributed by atoms with Crippen molar-refractivity contribution < 1.29 is 9.90 Å². The molecule has 0 atom stereocenters. The Morgan fingerprint density at radius 1 is 1.43 bits per heavy atom. The van der Waals surface area contributed by atoms with Crippen LogP contribution in [0, 0.1) is 10.5 Å². The molecule has 0 radical (unpaired) electrons. The van der Waals surface area contributed by atoms with Gasteiger partial charge in [-0.15, -0.1) is 0 Å². The molecule has 1 amide bonds. The van der Waals surface area contributed by atoms with E-state index >= 15 is 0 Å². The summed E-state index contributed by atoms with van der Waals surface area (Å²) in [6.45, 7) is 4.46. The highest BCUT2D eigenvalue weighted by molar-refractivity contribution is 14.1. The van der Waals surface area contributed by atoms with Gasteiger partial charge in [0.2, 0.25) is 0 Å². The molecule has 0 bridgehead atoms. The lowest BCUT2D eigenvalue weighted by molar-refractivity contribution is 0.0539. The second-order valence-electron chi connectivity index (χ2n) is 5.69. The van der Waals surface area contributed by atoms with Crippen molar-refractivity contribution in [2.45, 2.75) is 25.8 Å². The van der Waals surface area contributed by atoms with E-state index in [-0.39, 0.29) is 18.6 Å². The topological polar surface area (TPSA) is 43.8 Å². The Bertz CT molecular complexity index is 499. The smallest absolute Gasteiger partial charge is 0.255 e. The minimum atomic E-state index is 0.0144. The lowest BCUT2D eigenvalue weighted by Crippen LogP contribution is -2.47. The molecular weight excluding hydrogens is 379 g/mol. The van der Waals surface area contributed by atoms with Crippen LogP contribution in [0.15, 0.2) is 18.2 Å². The average molecular weight is 402 g/mol. The molecule has 2 rings (SSSR count). The number of carbonyl (C=O) groups excluding carboxylic acids is 1. The fraction of sp³-hybridized carbons (Fsp3) is 0.562. The number of amides is 1. The molecule has 0 saturated carbocycles. The molecule has 1 saturated heterocycles. The van der Waals surface area contributed by atoms with E-state index in [0.717, 1.165) is 40.6 Å². The molecule has 4 nitrogen and oxygen atoms in total. The van der Waals surface area contributed by atoms with Crippen molar-refractivity contribution in [2.24, 2.45) is 0 Å². The molecule has 0 unspecified atom stereocenters. The van der Waals surface area contributed by atoms with Gasteiger partial charge >= 0.3 is 0 Å². The van der Waals surface area contributed by atoms with Crippen molar-refractivity contribution in [1.29, 1.82) is 0 Å². The number of hydrogen-bond acceptors (Lipinski definition) is 3. The molecule has 1 fully saturated rings. The summed E-state index contributed by atoms with van der Waals surface area (Å²) in [6, 6.07) is 6.06. The highest BCUT2D eigenvalue weighted by Gasteiger charge is 2.28. The van der Waals surface area contributed by atoms with Gasteiger partial charge in [-0.25, -0.2) is 0 Å². The number of likely N-dealkylation sites (tertiary alicyclic amines) is 1. The van der Waals surface area contributed by atoms with E-state index in [1.165, 1.54) is 0 Å². The van der Waals surface area contributed by atoms with Crippen LogP contribution in [-0.4, -0.2) is 60.1 Å². The third-order valence-corrected chi connectivity index (χ3v) is 5.58. The number of rotatable bonds is 4. The maximum atomic E-state index is 12.9. The first-order chi connectivity index (χ1) is 10.0. The number of halogens is 1. The molecule has 0 spiro atoms. The van der Waals surface area contributed by atoms with E-state index < -0.39 is 0 Å². The van der Waals surface area contributed by atoms with Crippen LogP contribution in [0.25, 0.3) is 0 Å². The Kier molecular flexibility index (Phi) is 6.01. The van der Waals surface area contributed by atoms with Crippen LogP contribution < -0.4 is 0 Å². The number of aliphatic hydroxyl groups is 1. The van der Waals surface area contributed by atoms with Gasteiger partial charge in [0, 0.05) is 16.2 Å². The van der Waals surface area contributed by atoms with Gasteiger partial charge in [-0.3, -0.25) is 4.79 Å². The predicted octanol–water partition coefficient (Wildman–Crippen LogP) is 2.13. The summed E-state index contributed by atoms with van der Waals surface area (Å²) in [6.07, 6.45) is 1.95. The van der Waals surface area contributed by atoms with Gasteiger partial charge in [0.1, 0.15) is 0 Å². The summed E-state index contributed by atoms with van der Waals surface area (Å²) in [5, 5.41) is 9.33. The second kappa shape index (κ2) is 7.56. The van der Waals surface area contributed by atoms with Crippen LogP contribution in [-0.2, 0) is 0 Å². The van der Waals surface area contributed by atoms with Crippen LogP contribution in [0.4, 0.5) is 0 Å². The number of carbonyl (C=O) groups is 1. The number of nitrogens with zero attached hydrogens (tertiary/aromatic N) is 2. The first-order valence-corrected chi connectivity index (χ1v) is 8.48. The highest BCUT2D eigenvalue weighted by atomic mass is 127. The van der Waals surface area contributed by atoms with E-state index in [1.54, 1.807) is 0 Å². The van der Waals surface area contributed by atoms with Gasteiger partial charge in [0.25, 0.3) is 5.91 Å². The van der Waals surface area contributed by atoms with Crippen molar-refractivity contribution in [3.05, 3.63) is 32.9 Å². The maximum absolute atomic E-state index is 12.9. The molecular formula is C16H23IN2O2. The maximum Gasteiger partial charge on any atom is 0.255 e. The van der Waals surface area contributed by atoms with Crippen LogP contribution in [0.5, 0.6) is 0 Å². The van der Waals surface area contributed by atoms with E-state index in [0.29, 0.717) is 6.54 Å². The SMILES string of the molecule is Cc1cccc(C(=O)N(CCO)C2CCN(C)CC2)c1I. The fourth-order valence-corrected chi connectivity index (χ4v) is 3.42. The van der Waals surface area contributed by atoms with E-state index in [2.05, 4.69) is 34.5 Å². The molecule has 1 N–H and O–H groups in total. The lowest BCUT2D eigenvalue weighted by atomic mass is 10.0. The van der Waals surface area contributed by atoms with Crippen LogP contribution in [0.3, 0.4) is 0 Å². The van der Waals surface area contributed by atoms with E-state index in [9.17, 15) is 9.90 Å². The minimum Gasteiger partial charge on any atom is -0.395 e. The summed E-state index contributed by atoms with van der Waals surface area (Å²) in [7, 11) is 2.11. The normalized spacial score (nSPS) is 17.0. The summed E-state index contributed by atoms with van der Waals surface area (Å²) < 4.78 is 1.01. The monoisotopic (exact) mass is 402 g/mol. The van der Waals surface area contributed by atoms with Crippen molar-refractivity contribution in [1.82, 2.24) is 9.80 Å². The predicted molar refractivity (Wildman–Crippen MR) is 92.5 cm³/mol. The molecule has 5 heteroatoms. The van der Waals surface area contributed by atoms with Crippen molar-refractivity contribution in [2.75, 3.05) is 33.3 Å². The summed E-state index contributed by atoms with van der Waals surface area (Å²) >= 11 is 2.24. The molecule has 1 aromatic rings. The summed E-state index contributed by atoms with van der Waals surface area (Å²) in [4.78, 5) is 17.0. The summed E-state index contributed by atoms with van der Waals surface area (Å²) in [5.41, 5.74) is 1.87. The fourth-order valence-electron chi connectivity index (χ4n) is 2.83. The summed E-state index contributed by atoms with van der Waals surface area (Å²) in [5.74, 6) is 0.0479. The lowest BCUT2D eigenvalue weighted by Gasteiger charge is -2.37. The zero-order chi connectivity index (χ0) is 15.4. The highest BCUT2D eigenvalue weighted by Crippen LogP contribution is 2.22. The molecule has 0 aliphatic carbocycles. The Labute approximate surface area is 140 Å². The van der Waals surface area contributed by atoms with E-state index in [4.69, 9.17) is 0 Å². The van der Waals surface area contributed by atoms with Gasteiger partial charge in [0.15, 0.2) is 0 Å². The van der Waals surface area contributed by atoms with Crippen LogP contribution in [0.2, 0.25) is 0 Å². The van der Waals surface area contributed by atoms with Crippen molar-refractivity contribution >= 4 is 28.5 Å². The average Bonchev–Trinajstić information content (AvgIpc) is 2.48. The third kappa shape index (κ3) is 3.96. The number of piperidine rings is 1. The number of aryl methyl sites for hydroxylation is 1. The molecule has 1 heterocycles. The zero-order valence-electron chi connectivity index (χ0n) is 12.7. The Morgan fingerprint density at radius 2 is 2.10 bits per heavy atom. The Morgan fingerprint density at radius 3 is 2.71 bits per heavy atom. The number of benzene rings is 1. The van der Waals surface area contributed by atoms with Crippen molar-refractivity contribution in [3.8, 4) is 0 Å². The van der Waals surface area contributed by atoms with Gasteiger partial charge < -0.3 is 14.9 Å². The Hall–Kier alpha value is -0.660. The third-order valence-electron chi connectivity index (χ3n) is 4.15. The molecule has 1 aromatic carbocycles. The molecule has 21 heavy (non-hydrogen) atoms. The standard InChI is InChI=1S/C16H23IN2O2/c1-12-4-3-5-14(15(12)17)16(21)19(10-11-20)13-6-8-18(2)9-7-13/h3-5,13,20H,6-11H2,1-2H3. The minimum absolute atomic E-state index is 0.0144. The first-order valence-electron chi connectivity index (χ1n) is 7.40. The first kappa shape index (κ1) is 16.7. The Balaban J connectivity index is 2.21. The second-order valence-corrected chi connectivity index (χ2v) is 6.77. The number of hydrogen-bond donors (Lipinski definition) is 1. The van der Waals surface area contributed by atoms with Gasteiger partial charge in [-0.05, 0) is 74.1 Å².